The number of likely N-dealkylation sites (N-methyl/N-ethyl adjacent to an activating group) is 1. The highest BCUT2D eigenvalue weighted by atomic mass is 16.3. The van der Waals surface area contributed by atoms with Crippen molar-refractivity contribution in [1.29, 1.82) is 0 Å². The Morgan fingerprint density at radius 2 is 1.91 bits per heavy atom. The first kappa shape index (κ1) is 23.4. The standard InChI is InChI=1S/C26H41N5O/c1-5-7-18(2)14-24-27-16-23-25(29-24)22(19-9-11-21(32)12-10-19)15-28-26(23)31-13-6-8-20(17-31)30(3)4/h15-16,18-21,32H,5-14,17H2,1-4H3/t18?,19?,20-,21?/m1/s1. The van der Waals surface area contributed by atoms with Gasteiger partial charge in [0.2, 0.25) is 0 Å². The van der Waals surface area contributed by atoms with Crippen LogP contribution in [0.15, 0.2) is 12.4 Å². The Hall–Kier alpha value is -1.79. The molecule has 0 aromatic carbocycles. The van der Waals surface area contributed by atoms with E-state index in [-0.39, 0.29) is 6.10 Å². The van der Waals surface area contributed by atoms with Crippen LogP contribution >= 0.6 is 0 Å². The van der Waals surface area contributed by atoms with Gasteiger partial charge in [-0.25, -0.2) is 15.0 Å². The smallest absolute Gasteiger partial charge is 0.139 e. The molecule has 0 radical (unpaired) electrons. The summed E-state index contributed by atoms with van der Waals surface area (Å²) in [5, 5.41) is 11.1. The van der Waals surface area contributed by atoms with Crippen LogP contribution in [0.5, 0.6) is 0 Å². The van der Waals surface area contributed by atoms with Crippen LogP contribution in [-0.4, -0.2) is 64.3 Å². The summed E-state index contributed by atoms with van der Waals surface area (Å²) in [5.74, 6) is 3.01. The van der Waals surface area contributed by atoms with Crippen LogP contribution in [0, 0.1) is 5.92 Å². The molecular weight excluding hydrogens is 398 g/mol. The van der Waals surface area contributed by atoms with Crippen LogP contribution in [0.2, 0.25) is 0 Å². The second-order valence-electron chi connectivity index (χ2n) is 10.4. The van der Waals surface area contributed by atoms with Crippen LogP contribution < -0.4 is 4.90 Å². The first-order chi connectivity index (χ1) is 15.5. The molecule has 2 aliphatic rings. The Balaban J connectivity index is 1.71. The molecule has 1 unspecified atom stereocenters. The molecule has 0 amide bonds. The summed E-state index contributed by atoms with van der Waals surface area (Å²) < 4.78 is 0. The minimum absolute atomic E-state index is 0.152. The zero-order chi connectivity index (χ0) is 22.7. The van der Waals surface area contributed by atoms with Crippen molar-refractivity contribution in [3.8, 4) is 0 Å². The summed E-state index contributed by atoms with van der Waals surface area (Å²) in [4.78, 5) is 19.7. The number of nitrogens with zero attached hydrogens (tertiary/aromatic N) is 5. The summed E-state index contributed by atoms with van der Waals surface area (Å²) in [7, 11) is 4.35. The Bertz CT molecular complexity index is 893. The zero-order valence-electron chi connectivity index (χ0n) is 20.4. The van der Waals surface area contributed by atoms with Crippen molar-refractivity contribution in [2.24, 2.45) is 5.92 Å². The lowest BCUT2D eigenvalue weighted by Crippen LogP contribution is -2.45. The van der Waals surface area contributed by atoms with Crippen molar-refractivity contribution >= 4 is 16.7 Å². The first-order valence-electron chi connectivity index (χ1n) is 12.7. The zero-order valence-corrected chi connectivity index (χ0v) is 20.4. The number of piperidine rings is 1. The van der Waals surface area contributed by atoms with E-state index in [2.05, 4.69) is 43.9 Å². The Labute approximate surface area is 193 Å². The van der Waals surface area contributed by atoms with Crippen LogP contribution in [0.3, 0.4) is 0 Å². The number of hydrogen-bond acceptors (Lipinski definition) is 6. The van der Waals surface area contributed by atoms with Crippen molar-refractivity contribution in [3.63, 3.8) is 0 Å². The molecule has 1 saturated carbocycles. The van der Waals surface area contributed by atoms with Gasteiger partial charge in [0.25, 0.3) is 0 Å². The molecule has 6 heteroatoms. The molecular formula is C26H41N5O. The van der Waals surface area contributed by atoms with Gasteiger partial charge in [-0.05, 0) is 64.5 Å². The SMILES string of the molecule is CCCC(C)Cc1ncc2c(N3CCC[C@@H](N(C)C)C3)ncc(C3CCC(O)CC3)c2n1. The molecule has 2 aromatic heterocycles. The Morgan fingerprint density at radius 1 is 1.12 bits per heavy atom. The van der Waals surface area contributed by atoms with Crippen LogP contribution in [-0.2, 0) is 6.42 Å². The lowest BCUT2D eigenvalue weighted by Gasteiger charge is -2.37. The maximum absolute atomic E-state index is 10.0. The maximum atomic E-state index is 10.0. The van der Waals surface area contributed by atoms with Crippen molar-refractivity contribution in [3.05, 3.63) is 23.8 Å². The molecule has 2 aromatic rings. The quantitative estimate of drug-likeness (QED) is 0.683. The second kappa shape index (κ2) is 10.4. The Kier molecular flexibility index (Phi) is 7.62. The number of aromatic nitrogens is 3. The van der Waals surface area contributed by atoms with Gasteiger partial charge in [-0.15, -0.1) is 0 Å². The second-order valence-corrected chi connectivity index (χ2v) is 10.4. The minimum atomic E-state index is -0.152. The third kappa shape index (κ3) is 5.23. The molecule has 1 saturated heterocycles. The summed E-state index contributed by atoms with van der Waals surface area (Å²) in [6.07, 6.45) is 13.5. The summed E-state index contributed by atoms with van der Waals surface area (Å²) in [5.41, 5.74) is 2.35. The van der Waals surface area contributed by atoms with Crippen molar-refractivity contribution in [2.45, 2.75) is 89.7 Å². The summed E-state index contributed by atoms with van der Waals surface area (Å²) >= 11 is 0. The molecule has 0 bridgehead atoms. The maximum Gasteiger partial charge on any atom is 0.139 e. The van der Waals surface area contributed by atoms with Crippen molar-refractivity contribution < 1.29 is 5.11 Å². The lowest BCUT2D eigenvalue weighted by atomic mass is 9.82. The van der Waals surface area contributed by atoms with Gasteiger partial charge in [-0.2, -0.15) is 0 Å². The van der Waals surface area contributed by atoms with Gasteiger partial charge in [0.15, 0.2) is 0 Å². The molecule has 4 rings (SSSR count). The average molecular weight is 440 g/mol. The fourth-order valence-corrected chi connectivity index (χ4v) is 5.57. The number of hydrogen-bond donors (Lipinski definition) is 1. The number of aliphatic hydroxyl groups excluding tert-OH is 1. The number of rotatable bonds is 7. The van der Waals surface area contributed by atoms with Gasteiger partial charge >= 0.3 is 0 Å². The van der Waals surface area contributed by atoms with Crippen LogP contribution in [0.4, 0.5) is 5.82 Å². The summed E-state index contributed by atoms with van der Waals surface area (Å²) in [6, 6.07) is 0.551. The van der Waals surface area contributed by atoms with Gasteiger partial charge in [0.1, 0.15) is 11.6 Å². The van der Waals surface area contributed by atoms with E-state index in [1.165, 1.54) is 31.2 Å². The van der Waals surface area contributed by atoms with E-state index in [0.29, 0.717) is 17.9 Å². The number of pyridine rings is 1. The van der Waals surface area contributed by atoms with E-state index in [1.807, 2.05) is 6.20 Å². The third-order valence-corrected chi connectivity index (χ3v) is 7.55. The van der Waals surface area contributed by atoms with E-state index < -0.39 is 0 Å². The average Bonchev–Trinajstić information content (AvgIpc) is 2.79. The highest BCUT2D eigenvalue weighted by Gasteiger charge is 2.27. The normalized spacial score (nSPS) is 25.4. The highest BCUT2D eigenvalue weighted by Crippen LogP contribution is 2.38. The predicted octanol–water partition coefficient (Wildman–Crippen LogP) is 4.55. The van der Waals surface area contributed by atoms with E-state index >= 15 is 0 Å². The minimum Gasteiger partial charge on any atom is -0.393 e. The number of anilines is 1. The third-order valence-electron chi connectivity index (χ3n) is 7.55. The predicted molar refractivity (Wildman–Crippen MR) is 131 cm³/mol. The highest BCUT2D eigenvalue weighted by molar-refractivity contribution is 5.91. The molecule has 0 spiro atoms. The molecule has 2 fully saturated rings. The lowest BCUT2D eigenvalue weighted by molar-refractivity contribution is 0.122. The van der Waals surface area contributed by atoms with Gasteiger partial charge in [-0.3, -0.25) is 0 Å². The van der Waals surface area contributed by atoms with E-state index in [0.717, 1.165) is 67.7 Å². The van der Waals surface area contributed by atoms with E-state index in [1.54, 1.807) is 0 Å². The molecule has 2 atom stereocenters. The molecule has 176 valence electrons. The number of aliphatic hydroxyl groups is 1. The largest absolute Gasteiger partial charge is 0.393 e. The molecule has 1 aliphatic carbocycles. The van der Waals surface area contributed by atoms with E-state index in [4.69, 9.17) is 15.0 Å². The van der Waals surface area contributed by atoms with Crippen molar-refractivity contribution in [2.75, 3.05) is 32.1 Å². The van der Waals surface area contributed by atoms with Gasteiger partial charge < -0.3 is 14.9 Å². The van der Waals surface area contributed by atoms with Gasteiger partial charge in [0, 0.05) is 43.5 Å². The molecule has 6 nitrogen and oxygen atoms in total. The fraction of sp³-hybridized carbons (Fsp3) is 0.731. The van der Waals surface area contributed by atoms with Gasteiger partial charge in [0.05, 0.1) is 17.0 Å². The summed E-state index contributed by atoms with van der Waals surface area (Å²) in [6.45, 7) is 6.58. The van der Waals surface area contributed by atoms with Crippen LogP contribution in [0.1, 0.15) is 82.5 Å². The molecule has 1 N–H and O–H groups in total. The van der Waals surface area contributed by atoms with Crippen LogP contribution in [0.25, 0.3) is 10.9 Å². The monoisotopic (exact) mass is 439 g/mol. The molecule has 1 aliphatic heterocycles. The first-order valence-corrected chi connectivity index (χ1v) is 12.7. The van der Waals surface area contributed by atoms with Gasteiger partial charge in [-0.1, -0.05) is 26.7 Å². The fourth-order valence-electron chi connectivity index (χ4n) is 5.57. The molecule has 3 heterocycles. The Morgan fingerprint density at radius 3 is 2.62 bits per heavy atom. The number of fused-ring (bicyclic) bond motifs is 1. The van der Waals surface area contributed by atoms with Crippen molar-refractivity contribution in [1.82, 2.24) is 19.9 Å². The topological polar surface area (TPSA) is 65.4 Å². The molecule has 32 heavy (non-hydrogen) atoms. The van der Waals surface area contributed by atoms with E-state index in [9.17, 15) is 5.11 Å².